The molecule has 0 rings (SSSR count). The van der Waals surface area contributed by atoms with Crippen LogP contribution in [0, 0.1) is 0 Å². The Hall–Kier alpha value is -2.45. The standard InChI is InChI=1S/C18H27O10P/c1-3-15(19)25-13-9-5-7-11-17(21)27-29(23,24)28-18(22)12-8-6-10-14-26-16(20)4-2/h3-4H,1-2,5-14H2,(H,23,24). The van der Waals surface area contributed by atoms with E-state index in [-0.39, 0.29) is 26.1 Å². The number of ether oxygens (including phenoxy) is 2. The van der Waals surface area contributed by atoms with Crippen LogP contribution in [0.2, 0.25) is 0 Å². The van der Waals surface area contributed by atoms with Gasteiger partial charge < -0.3 is 18.5 Å². The zero-order valence-electron chi connectivity index (χ0n) is 16.2. The van der Waals surface area contributed by atoms with E-state index in [1.165, 1.54) is 0 Å². The summed E-state index contributed by atoms with van der Waals surface area (Å²) in [6, 6.07) is 0. The molecule has 0 aromatic heterocycles. The molecule has 0 amide bonds. The van der Waals surface area contributed by atoms with Gasteiger partial charge in [0.1, 0.15) is 0 Å². The van der Waals surface area contributed by atoms with E-state index in [1.54, 1.807) is 0 Å². The van der Waals surface area contributed by atoms with Gasteiger partial charge in [-0.05, 0) is 38.5 Å². The summed E-state index contributed by atoms with van der Waals surface area (Å²) in [4.78, 5) is 54.2. The normalized spacial score (nSPS) is 10.5. The van der Waals surface area contributed by atoms with Crippen molar-refractivity contribution in [1.29, 1.82) is 0 Å². The first-order chi connectivity index (χ1) is 13.7. The van der Waals surface area contributed by atoms with E-state index < -0.39 is 31.7 Å². The monoisotopic (exact) mass is 434 g/mol. The fraction of sp³-hybridized carbons (Fsp3) is 0.556. The van der Waals surface area contributed by atoms with Gasteiger partial charge in [-0.15, -0.1) is 0 Å². The minimum atomic E-state index is -4.82. The SMILES string of the molecule is C=CC(=O)OCCCCCC(=O)OP(=O)(O)OC(=O)CCCCCOC(=O)C=C. The first-order valence-electron chi connectivity index (χ1n) is 9.06. The Labute approximate surface area is 169 Å². The number of phosphoric acid groups is 1. The van der Waals surface area contributed by atoms with Crippen molar-refractivity contribution in [2.24, 2.45) is 0 Å². The van der Waals surface area contributed by atoms with Gasteiger partial charge >= 0.3 is 31.7 Å². The molecular formula is C18H27O10P. The minimum Gasteiger partial charge on any atom is -0.463 e. The molecule has 0 aliphatic carbocycles. The Kier molecular flexibility index (Phi) is 14.2. The highest BCUT2D eigenvalue weighted by molar-refractivity contribution is 7.48. The highest BCUT2D eigenvalue weighted by Gasteiger charge is 2.30. The quantitative estimate of drug-likeness (QED) is 0.167. The maximum absolute atomic E-state index is 11.7. The number of hydrogen-bond donors (Lipinski definition) is 1. The van der Waals surface area contributed by atoms with E-state index in [0.29, 0.717) is 38.5 Å². The Balaban J connectivity index is 3.87. The molecule has 0 spiro atoms. The van der Waals surface area contributed by atoms with Crippen LogP contribution in [0.15, 0.2) is 25.3 Å². The van der Waals surface area contributed by atoms with E-state index in [2.05, 4.69) is 22.2 Å². The second-order valence-corrected chi connectivity index (χ2v) is 7.06. The third-order valence-corrected chi connectivity index (χ3v) is 4.18. The maximum atomic E-state index is 11.7. The van der Waals surface area contributed by atoms with Crippen molar-refractivity contribution >= 4 is 31.7 Å². The van der Waals surface area contributed by atoms with E-state index in [0.717, 1.165) is 12.2 Å². The van der Waals surface area contributed by atoms with Crippen molar-refractivity contribution in [1.82, 2.24) is 0 Å². The zero-order chi connectivity index (χ0) is 22.1. The summed E-state index contributed by atoms with van der Waals surface area (Å²) >= 11 is 0. The molecule has 11 heteroatoms. The number of carbonyl (C=O) groups is 4. The first kappa shape index (κ1) is 26.6. The van der Waals surface area contributed by atoms with Crippen LogP contribution < -0.4 is 0 Å². The Morgan fingerprint density at radius 2 is 1.10 bits per heavy atom. The Morgan fingerprint density at radius 3 is 1.45 bits per heavy atom. The molecule has 0 aromatic carbocycles. The lowest BCUT2D eigenvalue weighted by molar-refractivity contribution is -0.141. The van der Waals surface area contributed by atoms with Gasteiger partial charge in [0.15, 0.2) is 0 Å². The van der Waals surface area contributed by atoms with Gasteiger partial charge in [0.05, 0.1) is 13.2 Å². The maximum Gasteiger partial charge on any atom is 0.589 e. The van der Waals surface area contributed by atoms with Gasteiger partial charge in [-0.1, -0.05) is 13.2 Å². The van der Waals surface area contributed by atoms with Crippen LogP contribution in [0.25, 0.3) is 0 Å². The fourth-order valence-corrected chi connectivity index (χ4v) is 2.66. The molecule has 10 nitrogen and oxygen atoms in total. The van der Waals surface area contributed by atoms with Crippen LogP contribution >= 0.6 is 7.82 Å². The summed E-state index contributed by atoms with van der Waals surface area (Å²) in [6.07, 6.45) is 4.52. The average molecular weight is 434 g/mol. The van der Waals surface area contributed by atoms with E-state index >= 15 is 0 Å². The van der Waals surface area contributed by atoms with Crippen LogP contribution in [0.1, 0.15) is 51.4 Å². The summed E-state index contributed by atoms with van der Waals surface area (Å²) in [5, 5.41) is 0. The lowest BCUT2D eigenvalue weighted by Gasteiger charge is -2.11. The second-order valence-electron chi connectivity index (χ2n) is 5.76. The Morgan fingerprint density at radius 1 is 0.724 bits per heavy atom. The molecule has 0 aliphatic rings. The van der Waals surface area contributed by atoms with Crippen LogP contribution in [0.4, 0.5) is 0 Å². The molecule has 0 unspecified atom stereocenters. The molecular weight excluding hydrogens is 407 g/mol. The summed E-state index contributed by atoms with van der Waals surface area (Å²) < 4.78 is 29.8. The van der Waals surface area contributed by atoms with Gasteiger partial charge in [-0.3, -0.25) is 14.5 Å². The fourth-order valence-electron chi connectivity index (χ4n) is 1.93. The van der Waals surface area contributed by atoms with Gasteiger partial charge in [0, 0.05) is 25.0 Å². The van der Waals surface area contributed by atoms with Crippen LogP contribution in [-0.2, 0) is 42.3 Å². The highest BCUT2D eigenvalue weighted by atomic mass is 31.2. The van der Waals surface area contributed by atoms with Gasteiger partial charge in [-0.25, -0.2) is 14.2 Å². The molecule has 0 saturated heterocycles. The molecule has 0 atom stereocenters. The molecule has 29 heavy (non-hydrogen) atoms. The van der Waals surface area contributed by atoms with E-state index in [4.69, 9.17) is 9.47 Å². The predicted octanol–water partition coefficient (Wildman–Crippen LogP) is 2.75. The lowest BCUT2D eigenvalue weighted by atomic mass is 10.2. The Bertz CT molecular complexity index is 578. The summed E-state index contributed by atoms with van der Waals surface area (Å²) in [5.74, 6) is -3.03. The number of unbranched alkanes of at least 4 members (excludes halogenated alkanes) is 4. The van der Waals surface area contributed by atoms with Crippen LogP contribution in [-0.4, -0.2) is 42.0 Å². The van der Waals surface area contributed by atoms with Crippen molar-refractivity contribution in [3.05, 3.63) is 25.3 Å². The topological polar surface area (TPSA) is 143 Å². The molecule has 0 saturated carbocycles. The van der Waals surface area contributed by atoms with Gasteiger partial charge in [0.2, 0.25) is 0 Å². The molecule has 0 bridgehead atoms. The molecule has 0 fully saturated rings. The molecule has 0 heterocycles. The first-order valence-corrected chi connectivity index (χ1v) is 10.6. The van der Waals surface area contributed by atoms with Crippen LogP contribution in [0.3, 0.4) is 0 Å². The lowest BCUT2D eigenvalue weighted by Crippen LogP contribution is -2.09. The van der Waals surface area contributed by atoms with Gasteiger partial charge in [0.25, 0.3) is 0 Å². The van der Waals surface area contributed by atoms with Crippen molar-refractivity contribution in [3.8, 4) is 0 Å². The van der Waals surface area contributed by atoms with Crippen molar-refractivity contribution in [2.75, 3.05) is 13.2 Å². The number of phosphoric ester groups is 1. The largest absolute Gasteiger partial charge is 0.589 e. The van der Waals surface area contributed by atoms with Gasteiger partial charge in [-0.2, -0.15) is 0 Å². The molecule has 0 aromatic rings. The average Bonchev–Trinajstić information content (AvgIpc) is 2.65. The summed E-state index contributed by atoms with van der Waals surface area (Å²) in [6.45, 7) is 6.85. The summed E-state index contributed by atoms with van der Waals surface area (Å²) in [7, 11) is -4.82. The van der Waals surface area contributed by atoms with Crippen LogP contribution in [0.5, 0.6) is 0 Å². The van der Waals surface area contributed by atoms with Crippen molar-refractivity contribution in [2.45, 2.75) is 51.4 Å². The third kappa shape index (κ3) is 16.2. The van der Waals surface area contributed by atoms with E-state index in [1.807, 2.05) is 0 Å². The smallest absolute Gasteiger partial charge is 0.463 e. The predicted molar refractivity (Wildman–Crippen MR) is 101 cm³/mol. The van der Waals surface area contributed by atoms with Crippen molar-refractivity contribution < 1.29 is 47.2 Å². The van der Waals surface area contributed by atoms with E-state index in [9.17, 15) is 28.6 Å². The molecule has 0 radical (unpaired) electrons. The number of rotatable bonds is 16. The number of esters is 2. The second kappa shape index (κ2) is 15.5. The summed E-state index contributed by atoms with van der Waals surface area (Å²) in [5.41, 5.74) is 0. The number of hydrogen-bond acceptors (Lipinski definition) is 9. The minimum absolute atomic E-state index is 0.152. The molecule has 0 aliphatic heterocycles. The molecule has 164 valence electrons. The number of carbonyl (C=O) groups excluding carboxylic acids is 4. The zero-order valence-corrected chi connectivity index (χ0v) is 17.1. The van der Waals surface area contributed by atoms with Crippen molar-refractivity contribution in [3.63, 3.8) is 0 Å². The highest BCUT2D eigenvalue weighted by Crippen LogP contribution is 2.44. The third-order valence-electron chi connectivity index (χ3n) is 3.31. The molecule has 1 N–H and O–H groups in total.